The summed E-state index contributed by atoms with van der Waals surface area (Å²) < 4.78 is 11.3. The van der Waals surface area contributed by atoms with Gasteiger partial charge in [-0.2, -0.15) is 0 Å². The van der Waals surface area contributed by atoms with Gasteiger partial charge in [0.1, 0.15) is 13.2 Å². The van der Waals surface area contributed by atoms with E-state index >= 15 is 0 Å². The lowest BCUT2D eigenvalue weighted by atomic mass is 9.90. The van der Waals surface area contributed by atoms with E-state index in [2.05, 4.69) is 0 Å². The van der Waals surface area contributed by atoms with Crippen LogP contribution in [0.15, 0.2) is 12.1 Å². The highest BCUT2D eigenvalue weighted by atomic mass is 16.6. The molecule has 96 valence electrons. The molecule has 1 aromatic carbocycles. The molecule has 1 saturated carbocycles. The van der Waals surface area contributed by atoms with Crippen LogP contribution in [0, 0.1) is 6.92 Å². The second-order valence-corrected chi connectivity index (χ2v) is 5.19. The molecule has 4 heteroatoms. The van der Waals surface area contributed by atoms with Gasteiger partial charge in [-0.05, 0) is 31.4 Å². The fourth-order valence-corrected chi connectivity index (χ4v) is 2.67. The van der Waals surface area contributed by atoms with Gasteiger partial charge in [-0.3, -0.25) is 4.79 Å². The molecule has 1 aliphatic carbocycles. The summed E-state index contributed by atoms with van der Waals surface area (Å²) in [5.74, 6) is 0.762. The maximum absolute atomic E-state index is 11.0. The second-order valence-electron chi connectivity index (χ2n) is 5.19. The number of aryl methyl sites for hydroxylation is 1. The first kappa shape index (κ1) is 11.4. The topological polar surface area (TPSA) is 55.8 Å². The fraction of sp³-hybridized carbons (Fsp3) is 0.500. The van der Waals surface area contributed by atoms with E-state index in [1.54, 1.807) is 0 Å². The molecule has 2 aliphatic rings. The molecule has 0 bridgehead atoms. The van der Waals surface area contributed by atoms with Gasteiger partial charge in [-0.25, -0.2) is 0 Å². The lowest BCUT2D eigenvalue weighted by Gasteiger charge is -2.25. The van der Waals surface area contributed by atoms with Gasteiger partial charge < -0.3 is 14.6 Å². The number of hydrogen-bond donors (Lipinski definition) is 1. The van der Waals surface area contributed by atoms with Crippen molar-refractivity contribution in [3.63, 3.8) is 0 Å². The van der Waals surface area contributed by atoms with E-state index in [0.717, 1.165) is 35.5 Å². The van der Waals surface area contributed by atoms with E-state index in [9.17, 15) is 4.79 Å². The Labute approximate surface area is 106 Å². The molecule has 18 heavy (non-hydrogen) atoms. The number of fused-ring (bicyclic) bond motifs is 1. The largest absolute Gasteiger partial charge is 0.486 e. The Bertz CT molecular complexity index is 503. The number of carboxylic acid groups (broad SMARTS) is 1. The van der Waals surface area contributed by atoms with Gasteiger partial charge in [0.25, 0.3) is 0 Å². The number of carbonyl (C=O) groups is 1. The molecular formula is C14H16O4. The molecular weight excluding hydrogens is 232 g/mol. The standard InChI is InChI=1S/C14H16O4/c1-9-6-10(14(2-3-14)8-12(15)16)13-11(7-9)17-4-5-18-13/h6-7H,2-5,8H2,1H3,(H,15,16). The predicted molar refractivity (Wildman–Crippen MR) is 65.3 cm³/mol. The summed E-state index contributed by atoms with van der Waals surface area (Å²) in [6.07, 6.45) is 2.00. The van der Waals surface area contributed by atoms with Crippen LogP contribution in [0.2, 0.25) is 0 Å². The van der Waals surface area contributed by atoms with E-state index in [-0.39, 0.29) is 11.8 Å². The summed E-state index contributed by atoms with van der Waals surface area (Å²) >= 11 is 0. The third-order valence-corrected chi connectivity index (χ3v) is 3.70. The number of ether oxygens (including phenoxy) is 2. The van der Waals surface area contributed by atoms with E-state index in [1.807, 2.05) is 19.1 Å². The summed E-state index contributed by atoms with van der Waals surface area (Å²) in [7, 11) is 0. The van der Waals surface area contributed by atoms with E-state index in [1.165, 1.54) is 0 Å². The van der Waals surface area contributed by atoms with Gasteiger partial charge in [-0.1, -0.05) is 6.07 Å². The van der Waals surface area contributed by atoms with Crippen molar-refractivity contribution in [2.75, 3.05) is 13.2 Å². The van der Waals surface area contributed by atoms with Gasteiger partial charge in [0.2, 0.25) is 0 Å². The highest BCUT2D eigenvalue weighted by Crippen LogP contribution is 2.56. The zero-order chi connectivity index (χ0) is 12.8. The lowest BCUT2D eigenvalue weighted by Crippen LogP contribution is -2.20. The van der Waals surface area contributed by atoms with Crippen molar-refractivity contribution in [3.05, 3.63) is 23.3 Å². The average molecular weight is 248 g/mol. The Kier molecular flexibility index (Phi) is 2.47. The molecule has 0 atom stereocenters. The monoisotopic (exact) mass is 248 g/mol. The molecule has 1 fully saturated rings. The van der Waals surface area contributed by atoms with Crippen LogP contribution in [0.5, 0.6) is 11.5 Å². The van der Waals surface area contributed by atoms with Crippen LogP contribution in [0.1, 0.15) is 30.4 Å². The molecule has 0 saturated heterocycles. The molecule has 0 radical (unpaired) electrons. The first-order chi connectivity index (χ1) is 8.61. The van der Waals surface area contributed by atoms with E-state index in [0.29, 0.717) is 13.2 Å². The van der Waals surface area contributed by atoms with Crippen LogP contribution < -0.4 is 9.47 Å². The fourth-order valence-electron chi connectivity index (χ4n) is 2.67. The number of rotatable bonds is 3. The van der Waals surface area contributed by atoms with Gasteiger partial charge in [0.15, 0.2) is 11.5 Å². The molecule has 0 spiro atoms. The third kappa shape index (κ3) is 1.82. The maximum Gasteiger partial charge on any atom is 0.304 e. The summed E-state index contributed by atoms with van der Waals surface area (Å²) in [5, 5.41) is 9.05. The highest BCUT2D eigenvalue weighted by molar-refractivity contribution is 5.71. The third-order valence-electron chi connectivity index (χ3n) is 3.70. The molecule has 4 nitrogen and oxygen atoms in total. The van der Waals surface area contributed by atoms with Crippen molar-refractivity contribution in [2.24, 2.45) is 0 Å². The predicted octanol–water partition coefficient (Wildman–Crippen LogP) is 2.27. The normalized spacial score (nSPS) is 19.4. The van der Waals surface area contributed by atoms with Crippen molar-refractivity contribution in [2.45, 2.75) is 31.6 Å². The van der Waals surface area contributed by atoms with Gasteiger partial charge in [-0.15, -0.1) is 0 Å². The molecule has 1 heterocycles. The van der Waals surface area contributed by atoms with Crippen LogP contribution in [-0.2, 0) is 10.2 Å². The summed E-state index contributed by atoms with van der Waals surface area (Å²) in [4.78, 5) is 11.0. The molecule has 0 unspecified atom stereocenters. The van der Waals surface area contributed by atoms with Gasteiger partial charge in [0.05, 0.1) is 6.42 Å². The van der Waals surface area contributed by atoms with Crippen LogP contribution in [-0.4, -0.2) is 24.3 Å². The minimum Gasteiger partial charge on any atom is -0.486 e. The number of hydrogen-bond acceptors (Lipinski definition) is 3. The second kappa shape index (κ2) is 3.90. The van der Waals surface area contributed by atoms with Crippen LogP contribution >= 0.6 is 0 Å². The number of carboxylic acids is 1. The van der Waals surface area contributed by atoms with E-state index in [4.69, 9.17) is 14.6 Å². The Morgan fingerprint density at radius 3 is 2.72 bits per heavy atom. The first-order valence-corrected chi connectivity index (χ1v) is 6.23. The van der Waals surface area contributed by atoms with Gasteiger partial charge >= 0.3 is 5.97 Å². The van der Waals surface area contributed by atoms with Crippen LogP contribution in [0.4, 0.5) is 0 Å². The summed E-state index contributed by atoms with van der Waals surface area (Å²) in [6.45, 7) is 3.09. The van der Waals surface area contributed by atoms with Crippen molar-refractivity contribution in [1.82, 2.24) is 0 Å². The van der Waals surface area contributed by atoms with Gasteiger partial charge in [0, 0.05) is 11.0 Å². The lowest BCUT2D eigenvalue weighted by molar-refractivity contribution is -0.137. The highest BCUT2D eigenvalue weighted by Gasteiger charge is 2.48. The quantitative estimate of drug-likeness (QED) is 0.891. The Morgan fingerprint density at radius 1 is 1.33 bits per heavy atom. The zero-order valence-corrected chi connectivity index (χ0v) is 10.4. The number of aliphatic carboxylic acids is 1. The van der Waals surface area contributed by atoms with Crippen LogP contribution in [0.3, 0.4) is 0 Å². The Balaban J connectivity index is 2.06. The molecule has 0 aromatic heterocycles. The minimum atomic E-state index is -0.750. The van der Waals surface area contributed by atoms with Crippen molar-refractivity contribution in [1.29, 1.82) is 0 Å². The SMILES string of the molecule is Cc1cc2c(c(C3(CC(=O)O)CC3)c1)OCCO2. The molecule has 3 rings (SSSR count). The zero-order valence-electron chi connectivity index (χ0n) is 10.4. The van der Waals surface area contributed by atoms with Crippen molar-refractivity contribution >= 4 is 5.97 Å². The minimum absolute atomic E-state index is 0.173. The molecule has 1 aromatic rings. The first-order valence-electron chi connectivity index (χ1n) is 6.23. The van der Waals surface area contributed by atoms with Crippen molar-refractivity contribution in [3.8, 4) is 11.5 Å². The maximum atomic E-state index is 11.0. The molecule has 1 aliphatic heterocycles. The van der Waals surface area contributed by atoms with Crippen molar-refractivity contribution < 1.29 is 19.4 Å². The Morgan fingerprint density at radius 2 is 2.06 bits per heavy atom. The van der Waals surface area contributed by atoms with E-state index < -0.39 is 5.97 Å². The smallest absolute Gasteiger partial charge is 0.304 e. The Hall–Kier alpha value is -1.71. The average Bonchev–Trinajstić information content (AvgIpc) is 3.08. The summed E-state index contributed by atoms with van der Waals surface area (Å²) in [5.41, 5.74) is 1.87. The molecule has 0 amide bonds. The number of benzene rings is 1. The summed E-state index contributed by atoms with van der Waals surface area (Å²) in [6, 6.07) is 4.00. The molecule has 1 N–H and O–H groups in total. The van der Waals surface area contributed by atoms with Crippen LogP contribution in [0.25, 0.3) is 0 Å².